The molecule has 0 aliphatic rings. The monoisotopic (exact) mass is 418 g/mol. The van der Waals surface area contributed by atoms with Crippen LogP contribution in [0.2, 0.25) is 0 Å². The first-order valence-electron chi connectivity index (χ1n) is 9.53. The predicted molar refractivity (Wildman–Crippen MR) is 117 cm³/mol. The smallest absolute Gasteiger partial charge is 0.246 e. The van der Waals surface area contributed by atoms with Crippen LogP contribution < -0.4 is 9.04 Å². The van der Waals surface area contributed by atoms with Crippen molar-refractivity contribution in [3.63, 3.8) is 0 Å². The lowest BCUT2D eigenvalue weighted by atomic mass is 10.1. The number of rotatable bonds is 8. The number of aryl methyl sites for hydroxylation is 2. The largest absolute Gasteiger partial charge is 0.497 e. The summed E-state index contributed by atoms with van der Waals surface area (Å²) in [5, 5.41) is 0. The minimum atomic E-state index is -3.65. The van der Waals surface area contributed by atoms with Crippen LogP contribution >= 0.6 is 0 Å². The zero-order chi connectivity index (χ0) is 21.8. The summed E-state index contributed by atoms with van der Waals surface area (Å²) in [6.07, 6.45) is 1.51. The topological polar surface area (TPSA) is 66.9 Å². The lowest BCUT2D eigenvalue weighted by Crippen LogP contribution is -2.49. The number of anilines is 1. The number of sulfonamides is 1. The number of likely N-dealkylation sites (N-methyl/N-ethyl adjacent to an activating group) is 1. The molecule has 2 aromatic rings. The Labute approximate surface area is 174 Å². The Morgan fingerprint density at radius 2 is 1.69 bits per heavy atom. The lowest BCUT2D eigenvalue weighted by molar-refractivity contribution is -0.131. The molecule has 0 aliphatic heterocycles. The Kier molecular flexibility index (Phi) is 7.30. The van der Waals surface area contributed by atoms with Gasteiger partial charge in [-0.3, -0.25) is 9.10 Å². The van der Waals surface area contributed by atoms with Crippen LogP contribution in [0.25, 0.3) is 0 Å². The fraction of sp³-hybridized carbons (Fsp3) is 0.409. The maximum absolute atomic E-state index is 13.2. The van der Waals surface area contributed by atoms with Crippen molar-refractivity contribution in [3.8, 4) is 5.75 Å². The van der Waals surface area contributed by atoms with Crippen LogP contribution in [-0.2, 0) is 21.4 Å². The van der Waals surface area contributed by atoms with Gasteiger partial charge >= 0.3 is 0 Å². The highest BCUT2D eigenvalue weighted by Crippen LogP contribution is 2.26. The number of carbonyl (C=O) groups is 1. The molecule has 2 aromatic carbocycles. The van der Waals surface area contributed by atoms with Gasteiger partial charge in [0.15, 0.2) is 0 Å². The molecule has 7 heteroatoms. The van der Waals surface area contributed by atoms with Crippen LogP contribution in [0.1, 0.15) is 30.0 Å². The van der Waals surface area contributed by atoms with Crippen molar-refractivity contribution < 1.29 is 17.9 Å². The van der Waals surface area contributed by atoms with Gasteiger partial charge in [-0.25, -0.2) is 8.42 Å². The summed E-state index contributed by atoms with van der Waals surface area (Å²) in [7, 11) is -0.359. The maximum Gasteiger partial charge on any atom is 0.246 e. The number of carbonyl (C=O) groups excluding carboxylic acids is 1. The minimum Gasteiger partial charge on any atom is -0.497 e. The molecular weight excluding hydrogens is 388 g/mol. The molecule has 0 saturated carbocycles. The summed E-state index contributed by atoms with van der Waals surface area (Å²) in [6.45, 7) is 6.10. The molecule has 0 unspecified atom stereocenters. The van der Waals surface area contributed by atoms with E-state index >= 15 is 0 Å². The Balaban J connectivity index is 2.32. The average Bonchev–Trinajstić information content (AvgIpc) is 2.67. The van der Waals surface area contributed by atoms with Crippen molar-refractivity contribution in [1.82, 2.24) is 4.90 Å². The number of methoxy groups -OCH3 is 1. The molecule has 1 amide bonds. The summed E-state index contributed by atoms with van der Waals surface area (Å²) in [4.78, 5) is 14.8. The first kappa shape index (κ1) is 22.7. The van der Waals surface area contributed by atoms with E-state index in [1.54, 1.807) is 25.1 Å². The van der Waals surface area contributed by atoms with E-state index in [9.17, 15) is 13.2 Å². The molecule has 0 bridgehead atoms. The Morgan fingerprint density at radius 1 is 1.07 bits per heavy atom. The van der Waals surface area contributed by atoms with Gasteiger partial charge in [0.25, 0.3) is 0 Å². The highest BCUT2D eigenvalue weighted by molar-refractivity contribution is 7.92. The third-order valence-corrected chi connectivity index (χ3v) is 6.19. The maximum atomic E-state index is 13.2. The Hall–Kier alpha value is -2.54. The van der Waals surface area contributed by atoms with Crippen molar-refractivity contribution in [2.45, 2.75) is 39.8 Å². The fourth-order valence-corrected chi connectivity index (χ4v) is 4.44. The van der Waals surface area contributed by atoms with Gasteiger partial charge in [0.1, 0.15) is 11.8 Å². The van der Waals surface area contributed by atoms with E-state index < -0.39 is 16.1 Å². The normalized spacial score (nSPS) is 12.3. The van der Waals surface area contributed by atoms with Crippen LogP contribution in [0, 0.1) is 13.8 Å². The fourth-order valence-electron chi connectivity index (χ4n) is 3.24. The quantitative estimate of drug-likeness (QED) is 0.658. The van der Waals surface area contributed by atoms with E-state index in [0.717, 1.165) is 28.7 Å². The van der Waals surface area contributed by atoms with Gasteiger partial charge in [-0.05, 0) is 61.2 Å². The van der Waals surface area contributed by atoms with E-state index in [0.29, 0.717) is 18.7 Å². The third-order valence-electron chi connectivity index (χ3n) is 5.01. The first-order chi connectivity index (χ1) is 13.6. The average molecular weight is 419 g/mol. The number of amides is 1. The Bertz CT molecular complexity index is 955. The number of hydrogen-bond acceptors (Lipinski definition) is 4. The minimum absolute atomic E-state index is 0.244. The zero-order valence-corrected chi connectivity index (χ0v) is 18.8. The van der Waals surface area contributed by atoms with E-state index in [2.05, 4.69) is 0 Å². The second kappa shape index (κ2) is 9.31. The molecule has 0 radical (unpaired) electrons. The van der Waals surface area contributed by atoms with E-state index in [1.807, 2.05) is 57.2 Å². The second-order valence-corrected chi connectivity index (χ2v) is 9.15. The molecule has 2 rings (SSSR count). The van der Waals surface area contributed by atoms with Gasteiger partial charge in [0.05, 0.1) is 19.1 Å². The van der Waals surface area contributed by atoms with Crippen LogP contribution in [0.4, 0.5) is 5.69 Å². The van der Waals surface area contributed by atoms with E-state index in [-0.39, 0.29) is 5.91 Å². The van der Waals surface area contributed by atoms with Gasteiger partial charge < -0.3 is 9.64 Å². The zero-order valence-electron chi connectivity index (χ0n) is 18.0. The molecule has 6 nitrogen and oxygen atoms in total. The number of hydrogen-bond donors (Lipinski definition) is 0. The van der Waals surface area contributed by atoms with Crippen molar-refractivity contribution in [3.05, 3.63) is 59.2 Å². The van der Waals surface area contributed by atoms with Gasteiger partial charge in [0, 0.05) is 13.6 Å². The molecule has 0 aliphatic carbocycles. The molecule has 0 heterocycles. The molecule has 0 fully saturated rings. The molecule has 0 aromatic heterocycles. The van der Waals surface area contributed by atoms with Crippen LogP contribution in [0.3, 0.4) is 0 Å². The molecule has 0 spiro atoms. The van der Waals surface area contributed by atoms with Crippen molar-refractivity contribution >= 4 is 21.6 Å². The van der Waals surface area contributed by atoms with Gasteiger partial charge in [-0.15, -0.1) is 0 Å². The predicted octanol–water partition coefficient (Wildman–Crippen LogP) is 3.52. The molecule has 1 atom stereocenters. The molecule has 29 heavy (non-hydrogen) atoms. The Morgan fingerprint density at radius 3 is 2.17 bits per heavy atom. The first-order valence-corrected chi connectivity index (χ1v) is 11.4. The lowest BCUT2D eigenvalue weighted by Gasteiger charge is -2.33. The van der Waals surface area contributed by atoms with Gasteiger partial charge in [0.2, 0.25) is 15.9 Å². The highest BCUT2D eigenvalue weighted by atomic mass is 32.2. The summed E-state index contributed by atoms with van der Waals surface area (Å²) in [5.41, 5.74) is 3.49. The van der Waals surface area contributed by atoms with E-state index in [4.69, 9.17) is 4.74 Å². The number of nitrogens with zero attached hydrogens (tertiary/aromatic N) is 2. The van der Waals surface area contributed by atoms with Crippen molar-refractivity contribution in [2.75, 3.05) is 24.7 Å². The van der Waals surface area contributed by atoms with Crippen LogP contribution in [-0.4, -0.2) is 45.7 Å². The summed E-state index contributed by atoms with van der Waals surface area (Å²) in [6, 6.07) is 12.1. The van der Waals surface area contributed by atoms with Gasteiger partial charge in [-0.2, -0.15) is 0 Å². The molecular formula is C22H30N2O4S. The summed E-state index contributed by atoms with van der Waals surface area (Å²) >= 11 is 0. The van der Waals surface area contributed by atoms with Crippen LogP contribution in [0.15, 0.2) is 42.5 Å². The van der Waals surface area contributed by atoms with Gasteiger partial charge in [-0.1, -0.05) is 25.1 Å². The van der Waals surface area contributed by atoms with Crippen molar-refractivity contribution in [1.29, 1.82) is 0 Å². The highest BCUT2D eigenvalue weighted by Gasteiger charge is 2.33. The second-order valence-electron chi connectivity index (χ2n) is 7.29. The van der Waals surface area contributed by atoms with Crippen molar-refractivity contribution in [2.24, 2.45) is 0 Å². The molecule has 0 saturated heterocycles. The number of ether oxygens (including phenoxy) is 1. The van der Waals surface area contributed by atoms with Crippen LogP contribution in [0.5, 0.6) is 5.75 Å². The SMILES string of the molecule is CC[C@@H](C(=O)N(C)Cc1ccc(OC)cc1)N(c1ccc(C)c(C)c1)S(C)(=O)=O. The molecule has 0 N–H and O–H groups in total. The summed E-state index contributed by atoms with van der Waals surface area (Å²) < 4.78 is 31.7. The summed E-state index contributed by atoms with van der Waals surface area (Å²) in [5.74, 6) is 0.499. The standard InChI is InChI=1S/C22H30N2O4S/c1-7-21(22(25)23(4)15-18-9-12-20(28-5)13-10-18)24(29(6,26)27)19-11-8-16(2)17(3)14-19/h8-14,21H,7,15H2,1-6H3/t21-/m0/s1. The number of benzene rings is 2. The molecule has 158 valence electrons. The van der Waals surface area contributed by atoms with E-state index in [1.165, 1.54) is 4.31 Å². The third kappa shape index (κ3) is 5.50.